The van der Waals surface area contributed by atoms with Gasteiger partial charge in [0, 0.05) is 24.8 Å². The van der Waals surface area contributed by atoms with E-state index in [2.05, 4.69) is 10.6 Å². The van der Waals surface area contributed by atoms with Gasteiger partial charge in [-0.05, 0) is 43.2 Å². The normalized spacial score (nSPS) is 16.3. The quantitative estimate of drug-likeness (QED) is 0.653. The summed E-state index contributed by atoms with van der Waals surface area (Å²) >= 11 is 0. The highest BCUT2D eigenvalue weighted by Crippen LogP contribution is 2.34. The highest BCUT2D eigenvalue weighted by Gasteiger charge is 2.26. The van der Waals surface area contributed by atoms with E-state index in [0.717, 1.165) is 25.7 Å². The van der Waals surface area contributed by atoms with Crippen molar-refractivity contribution in [1.82, 2.24) is 4.31 Å². The summed E-state index contributed by atoms with van der Waals surface area (Å²) in [6, 6.07) is 9.80. The number of amides is 1. The summed E-state index contributed by atoms with van der Waals surface area (Å²) < 4.78 is 43.7. The molecule has 2 aromatic rings. The molecule has 2 aliphatic rings. The highest BCUT2D eigenvalue weighted by molar-refractivity contribution is 7.89. The van der Waals surface area contributed by atoms with Crippen LogP contribution in [0.3, 0.4) is 0 Å². The lowest BCUT2D eigenvalue weighted by molar-refractivity contribution is -0.114. The number of fused-ring (bicyclic) bond motifs is 1. The molecule has 0 aliphatic carbocycles. The minimum Gasteiger partial charge on any atom is -0.495 e. The van der Waals surface area contributed by atoms with Crippen LogP contribution in [-0.4, -0.2) is 52.2 Å². The first-order valence-electron chi connectivity index (χ1n) is 10.6. The molecule has 1 saturated heterocycles. The van der Waals surface area contributed by atoms with Crippen molar-refractivity contribution in [2.75, 3.05) is 44.2 Å². The number of hydrogen-bond donors (Lipinski definition) is 2. The summed E-state index contributed by atoms with van der Waals surface area (Å²) in [6.45, 7) is 1.13. The second-order valence-electron chi connectivity index (χ2n) is 7.65. The number of rotatable bonds is 7. The molecule has 32 heavy (non-hydrogen) atoms. The number of nitrogens with zero attached hydrogens (tertiary/aromatic N) is 1. The third kappa shape index (κ3) is 4.91. The lowest BCUT2D eigenvalue weighted by Gasteiger charge is -2.21. The Hall–Kier alpha value is -2.98. The molecule has 0 bridgehead atoms. The first kappa shape index (κ1) is 22.2. The van der Waals surface area contributed by atoms with Crippen molar-refractivity contribution < 1.29 is 27.4 Å². The average Bonchev–Trinajstić information content (AvgIpc) is 3.07. The molecule has 2 aliphatic heterocycles. The summed E-state index contributed by atoms with van der Waals surface area (Å²) in [5, 5.41) is 5.77. The van der Waals surface area contributed by atoms with E-state index in [-0.39, 0.29) is 24.1 Å². The van der Waals surface area contributed by atoms with E-state index in [9.17, 15) is 13.2 Å². The molecule has 172 valence electrons. The van der Waals surface area contributed by atoms with E-state index in [1.165, 1.54) is 23.5 Å². The van der Waals surface area contributed by atoms with Crippen molar-refractivity contribution in [2.24, 2.45) is 0 Å². The largest absolute Gasteiger partial charge is 0.495 e. The molecular formula is C22H27N3O6S. The van der Waals surface area contributed by atoms with E-state index >= 15 is 0 Å². The van der Waals surface area contributed by atoms with Crippen LogP contribution in [-0.2, 0) is 14.8 Å². The van der Waals surface area contributed by atoms with Gasteiger partial charge in [0.05, 0.1) is 24.2 Å². The number of sulfonamides is 1. The fourth-order valence-corrected chi connectivity index (χ4v) is 5.32. The number of benzene rings is 2. The highest BCUT2D eigenvalue weighted by atomic mass is 32.2. The molecule has 1 amide bonds. The molecule has 2 aromatic carbocycles. The Balaban J connectivity index is 1.45. The first-order valence-corrected chi connectivity index (χ1v) is 12.0. The molecule has 9 nitrogen and oxygen atoms in total. The topological polar surface area (TPSA) is 106 Å². The number of ether oxygens (including phenoxy) is 3. The zero-order valence-electron chi connectivity index (χ0n) is 17.9. The van der Waals surface area contributed by atoms with Gasteiger partial charge in [0.2, 0.25) is 22.7 Å². The van der Waals surface area contributed by atoms with Gasteiger partial charge in [0.1, 0.15) is 5.75 Å². The predicted molar refractivity (Wildman–Crippen MR) is 120 cm³/mol. The lowest BCUT2D eigenvalue weighted by atomic mass is 10.2. The number of anilines is 2. The van der Waals surface area contributed by atoms with Crippen molar-refractivity contribution in [1.29, 1.82) is 0 Å². The maximum atomic E-state index is 13.1. The molecule has 1 fully saturated rings. The zero-order chi connectivity index (χ0) is 22.6. The van der Waals surface area contributed by atoms with Gasteiger partial charge in [-0.15, -0.1) is 0 Å². The fourth-order valence-electron chi connectivity index (χ4n) is 3.77. The standard InChI is InChI=1S/C22H27N3O6S/c1-29-19-9-7-17(32(27,28)25-10-4-2-3-5-11-25)13-18(19)23-14-22(26)24-16-6-8-20-21(12-16)31-15-30-20/h6-9,12-13,23H,2-5,10-11,14-15H2,1H3,(H,24,26). The molecule has 0 saturated carbocycles. The Labute approximate surface area is 187 Å². The van der Waals surface area contributed by atoms with Crippen molar-refractivity contribution in [3.63, 3.8) is 0 Å². The minimum absolute atomic E-state index is 0.0714. The molecule has 10 heteroatoms. The van der Waals surface area contributed by atoms with E-state index in [0.29, 0.717) is 41.7 Å². The van der Waals surface area contributed by atoms with Crippen LogP contribution in [0.2, 0.25) is 0 Å². The SMILES string of the molecule is COc1ccc(S(=O)(=O)N2CCCCCC2)cc1NCC(=O)Nc1ccc2c(c1)OCO2. The molecule has 0 spiro atoms. The van der Waals surface area contributed by atoms with Gasteiger partial charge < -0.3 is 24.8 Å². The summed E-state index contributed by atoms with van der Waals surface area (Å²) in [5.74, 6) is 1.36. The average molecular weight is 462 g/mol. The number of carbonyl (C=O) groups is 1. The van der Waals surface area contributed by atoms with Gasteiger partial charge in [0.15, 0.2) is 11.5 Å². The second-order valence-corrected chi connectivity index (χ2v) is 9.59. The third-order valence-corrected chi connectivity index (χ3v) is 7.36. The van der Waals surface area contributed by atoms with Gasteiger partial charge in [-0.25, -0.2) is 8.42 Å². The van der Waals surface area contributed by atoms with Gasteiger partial charge in [-0.2, -0.15) is 4.31 Å². The predicted octanol–water partition coefficient (Wildman–Crippen LogP) is 3.04. The van der Waals surface area contributed by atoms with Crippen molar-refractivity contribution in [3.8, 4) is 17.2 Å². The van der Waals surface area contributed by atoms with E-state index in [1.807, 2.05) is 0 Å². The van der Waals surface area contributed by atoms with Gasteiger partial charge in [0.25, 0.3) is 0 Å². The second kappa shape index (κ2) is 9.66. The number of nitrogens with one attached hydrogen (secondary N) is 2. The van der Waals surface area contributed by atoms with Crippen LogP contribution < -0.4 is 24.8 Å². The lowest BCUT2D eigenvalue weighted by Crippen LogP contribution is -2.32. The first-order chi connectivity index (χ1) is 15.5. The minimum atomic E-state index is -3.61. The molecule has 0 unspecified atom stereocenters. The molecule has 0 atom stereocenters. The fraction of sp³-hybridized carbons (Fsp3) is 0.409. The number of carbonyl (C=O) groups excluding carboxylic acids is 1. The van der Waals surface area contributed by atoms with Crippen LogP contribution >= 0.6 is 0 Å². The Morgan fingerprint density at radius 1 is 1.03 bits per heavy atom. The molecule has 0 aromatic heterocycles. The Morgan fingerprint density at radius 2 is 1.78 bits per heavy atom. The Bertz CT molecular complexity index is 1080. The maximum Gasteiger partial charge on any atom is 0.243 e. The zero-order valence-corrected chi connectivity index (χ0v) is 18.7. The molecule has 2 N–H and O–H groups in total. The summed E-state index contributed by atoms with van der Waals surface area (Å²) in [6.07, 6.45) is 3.81. The number of hydrogen-bond acceptors (Lipinski definition) is 7. The van der Waals surface area contributed by atoms with E-state index < -0.39 is 10.0 Å². The van der Waals surface area contributed by atoms with Crippen LogP contribution in [0, 0.1) is 0 Å². The van der Waals surface area contributed by atoms with Crippen LogP contribution in [0.15, 0.2) is 41.3 Å². The third-order valence-electron chi connectivity index (χ3n) is 5.47. The van der Waals surface area contributed by atoms with E-state index in [4.69, 9.17) is 14.2 Å². The van der Waals surface area contributed by atoms with Gasteiger partial charge in [-0.1, -0.05) is 12.8 Å². The van der Waals surface area contributed by atoms with Crippen LogP contribution in [0.1, 0.15) is 25.7 Å². The molecular weight excluding hydrogens is 434 g/mol. The van der Waals surface area contributed by atoms with Crippen molar-refractivity contribution in [3.05, 3.63) is 36.4 Å². The number of methoxy groups -OCH3 is 1. The van der Waals surface area contributed by atoms with E-state index in [1.54, 1.807) is 24.3 Å². The smallest absolute Gasteiger partial charge is 0.243 e. The Kier molecular flexibility index (Phi) is 6.71. The monoisotopic (exact) mass is 461 g/mol. The Morgan fingerprint density at radius 3 is 2.53 bits per heavy atom. The van der Waals surface area contributed by atoms with Crippen LogP contribution in [0.5, 0.6) is 17.2 Å². The summed E-state index contributed by atoms with van der Waals surface area (Å²) in [4.78, 5) is 12.6. The maximum absolute atomic E-state index is 13.1. The van der Waals surface area contributed by atoms with Crippen molar-refractivity contribution in [2.45, 2.75) is 30.6 Å². The molecule has 4 rings (SSSR count). The van der Waals surface area contributed by atoms with Gasteiger partial charge in [-0.3, -0.25) is 4.79 Å². The van der Waals surface area contributed by atoms with Crippen LogP contribution in [0.4, 0.5) is 11.4 Å². The molecule has 0 radical (unpaired) electrons. The van der Waals surface area contributed by atoms with Gasteiger partial charge >= 0.3 is 0 Å². The van der Waals surface area contributed by atoms with Crippen molar-refractivity contribution >= 4 is 27.3 Å². The summed E-state index contributed by atoms with van der Waals surface area (Å²) in [7, 11) is -2.12. The van der Waals surface area contributed by atoms with Crippen LogP contribution in [0.25, 0.3) is 0 Å². The summed E-state index contributed by atoms with van der Waals surface area (Å²) in [5.41, 5.74) is 1.01. The molecule has 2 heterocycles.